The number of alkyl halides is 18. The highest BCUT2D eigenvalue weighted by molar-refractivity contribution is 6.39. The Morgan fingerprint density at radius 2 is 0.583 bits per heavy atom. The molecule has 0 atom stereocenters. The number of hydrogen-bond donors (Lipinski definition) is 3. The summed E-state index contributed by atoms with van der Waals surface area (Å²) < 4.78 is 291. The number of aromatic hydroxyl groups is 2. The van der Waals surface area contributed by atoms with E-state index in [-0.39, 0.29) is 151 Å². The van der Waals surface area contributed by atoms with Gasteiger partial charge in [0.15, 0.2) is 0 Å². The monoisotopic (exact) mass is 1840 g/mol. The lowest BCUT2D eigenvalue weighted by molar-refractivity contribution is -0.290. The number of phenolic OH excluding ortho intramolecular Hbond substituents is 2. The summed E-state index contributed by atoms with van der Waals surface area (Å²) in [5, 5.41) is 32.0. The predicted molar refractivity (Wildman–Crippen MR) is 423 cm³/mol. The third-order valence-electron chi connectivity index (χ3n) is 24.1. The number of carbonyl (C=O) groups is 13. The number of amides is 12. The second-order valence-electron chi connectivity index (χ2n) is 31.6. The van der Waals surface area contributed by atoms with Crippen LogP contribution in [0.1, 0.15) is 203 Å². The number of rotatable bonds is 17. The Balaban J connectivity index is 0.665. The van der Waals surface area contributed by atoms with Gasteiger partial charge in [0.05, 0.1) is 107 Å². The number of hydrogen-bond acceptors (Lipinski definition) is 17. The molecule has 41 heteroatoms. The average Bonchev–Trinajstić information content (AvgIpc) is 1.36. The molecule has 132 heavy (non-hydrogen) atoms. The van der Waals surface area contributed by atoms with Crippen molar-refractivity contribution in [1.82, 2.24) is 4.90 Å². The number of carbonyl (C=O) groups excluding carboxylic acids is 13. The lowest BCUT2D eigenvalue weighted by atomic mass is 9.71. The van der Waals surface area contributed by atoms with Gasteiger partial charge in [-0.25, -0.2) is 29.3 Å². The minimum Gasteiger partial charge on any atom is -0.506 e. The molecule has 0 fully saturated rings. The van der Waals surface area contributed by atoms with Crippen molar-refractivity contribution < 1.29 is 161 Å². The first-order chi connectivity index (χ1) is 61.6. The zero-order valence-electron chi connectivity index (χ0n) is 67.5. The Morgan fingerprint density at radius 3 is 0.894 bits per heavy atom. The number of unbranched alkanes of at least 4 members (excludes halogenated alkanes) is 1. The number of aryl methyl sites for hydroxylation is 3. The number of fused-ring (bicyclic) bond motifs is 6. The molecule has 3 N–H and O–H groups in total. The van der Waals surface area contributed by atoms with Gasteiger partial charge in [-0.1, -0.05) is 54.6 Å². The van der Waals surface area contributed by atoms with Crippen molar-refractivity contribution in [2.45, 2.75) is 93.8 Å². The molecule has 676 valence electrons. The molecule has 0 radical (unpaired) electrons. The fourth-order valence-electron chi connectivity index (χ4n) is 18.1. The zero-order chi connectivity index (χ0) is 96.3. The van der Waals surface area contributed by atoms with Gasteiger partial charge in [-0.15, -0.1) is 0 Å². The molecule has 16 rings (SSSR count). The molecule has 10 aromatic carbocycles. The molecule has 12 amide bonds. The molecule has 0 spiro atoms. The third-order valence-corrected chi connectivity index (χ3v) is 24.1. The van der Waals surface area contributed by atoms with Crippen molar-refractivity contribution in [2.75, 3.05) is 44.8 Å². The number of benzene rings is 10. The molecule has 6 aliphatic rings. The number of esters is 1. The summed E-state index contributed by atoms with van der Waals surface area (Å²) in [6.45, 7) is 4.46. The first-order valence-corrected chi connectivity index (χ1v) is 38.8. The van der Waals surface area contributed by atoms with E-state index in [2.05, 4.69) is 0 Å². The van der Waals surface area contributed by atoms with Gasteiger partial charge in [0.25, 0.3) is 70.9 Å². The number of imide groups is 6. The quantitative estimate of drug-likeness (QED) is 0.0330. The molecule has 10 aromatic rings. The van der Waals surface area contributed by atoms with Crippen LogP contribution in [-0.4, -0.2) is 154 Å². The Kier molecular flexibility index (Phi) is 20.6. The van der Waals surface area contributed by atoms with Crippen LogP contribution in [0.5, 0.6) is 11.5 Å². The second kappa shape index (κ2) is 30.2. The fourth-order valence-corrected chi connectivity index (χ4v) is 18.1. The van der Waals surface area contributed by atoms with Crippen LogP contribution in [0.25, 0.3) is 11.1 Å². The van der Waals surface area contributed by atoms with Gasteiger partial charge < -0.3 is 20.1 Å². The topological polar surface area (TPSA) is 311 Å². The largest absolute Gasteiger partial charge is 0.506 e. The average molecular weight is 1850 g/mol. The number of nitrogens with zero attached hydrogens (tertiary/aromatic N) is 6. The molecule has 0 saturated carbocycles. The van der Waals surface area contributed by atoms with Crippen molar-refractivity contribution in [2.24, 2.45) is 0 Å². The van der Waals surface area contributed by atoms with E-state index in [4.69, 9.17) is 9.84 Å². The number of aliphatic hydroxyl groups is 1. The molecule has 23 nitrogen and oxygen atoms in total. The number of phenols is 2. The SMILES string of the molecule is Cc1cc(C(=O)OCCCCO)cc(N2C(=O)c3ccc(C(c4ccc5c(c4)C(=O)N(c4c(C)cc(C)c(N6C(=O)c7ccc(C(c8ccc9c(c8)C(=O)N(c8ccc(-c%10ccc(N%11C(=O)c%12ccc(C(c%13ccc%14c(c%13)C(=O)N(C)C%14=O)(C(F)(F)F)C(F)(F)F)cc%12C%11=O)c(O)c%10)cc8O)C9=O)(C(F)(F)F)C(F)(F)F)cc7C6=O)c4C)C5=O)(C(F)(F)F)C(F)(F)F)cc3C2=O)c1. The van der Waals surface area contributed by atoms with E-state index in [9.17, 15) is 72.5 Å². The van der Waals surface area contributed by atoms with E-state index in [0.29, 0.717) is 52.3 Å². The Hall–Kier alpha value is -15.2. The highest BCUT2D eigenvalue weighted by Crippen LogP contribution is 2.62. The highest BCUT2D eigenvalue weighted by atomic mass is 19.4. The van der Waals surface area contributed by atoms with E-state index < -0.39 is 270 Å². The molecule has 0 bridgehead atoms. The smallest absolute Gasteiger partial charge is 0.411 e. The van der Waals surface area contributed by atoms with E-state index in [1.807, 2.05) is 0 Å². The van der Waals surface area contributed by atoms with Crippen LogP contribution in [0, 0.1) is 27.7 Å². The van der Waals surface area contributed by atoms with Crippen molar-refractivity contribution in [1.29, 1.82) is 0 Å². The molecular weight excluding hydrogens is 1790 g/mol. The van der Waals surface area contributed by atoms with Crippen LogP contribution in [0.2, 0.25) is 0 Å². The maximum atomic E-state index is 16.2. The minimum absolute atomic E-state index is 0.0448. The lowest BCUT2D eigenvalue weighted by Gasteiger charge is -2.38. The van der Waals surface area contributed by atoms with Crippen LogP contribution in [0.15, 0.2) is 170 Å². The van der Waals surface area contributed by atoms with Gasteiger partial charge in [0.1, 0.15) is 11.5 Å². The maximum absolute atomic E-state index is 16.2. The van der Waals surface area contributed by atoms with Crippen LogP contribution < -0.4 is 24.5 Å². The van der Waals surface area contributed by atoms with Gasteiger partial charge in [-0.3, -0.25) is 62.4 Å². The lowest BCUT2D eigenvalue weighted by Crippen LogP contribution is -2.55. The van der Waals surface area contributed by atoms with Crippen molar-refractivity contribution in [3.05, 3.63) is 298 Å². The van der Waals surface area contributed by atoms with E-state index in [1.54, 1.807) is 0 Å². The second-order valence-corrected chi connectivity index (χ2v) is 31.6. The Morgan fingerprint density at radius 1 is 0.311 bits per heavy atom. The maximum Gasteiger partial charge on any atom is 0.411 e. The highest BCUT2D eigenvalue weighted by Gasteiger charge is 2.76. The third kappa shape index (κ3) is 12.8. The zero-order valence-corrected chi connectivity index (χ0v) is 67.5. The normalized spacial score (nSPS) is 15.6. The van der Waals surface area contributed by atoms with Crippen molar-refractivity contribution >= 4 is 105 Å². The molecular formula is C91H54F18N6O17. The number of halogens is 18. The van der Waals surface area contributed by atoms with Crippen molar-refractivity contribution in [3.8, 4) is 22.6 Å². The molecule has 0 unspecified atom stereocenters. The Bertz CT molecular complexity index is 6930. The van der Waals surface area contributed by atoms with Crippen molar-refractivity contribution in [3.63, 3.8) is 0 Å². The van der Waals surface area contributed by atoms with E-state index >= 15 is 79.0 Å². The van der Waals surface area contributed by atoms with Crippen LogP contribution >= 0.6 is 0 Å². The Labute approximate surface area is 727 Å². The predicted octanol–water partition coefficient (Wildman–Crippen LogP) is 17.4. The summed E-state index contributed by atoms with van der Waals surface area (Å²) in [7, 11) is 0.930. The summed E-state index contributed by atoms with van der Waals surface area (Å²) in [6.07, 6.45) is -38.3. The first kappa shape index (κ1) is 90.2. The standard InChI is InChI=1S/C91H54F18N6O17/c1-38-26-44(82(131)132-25-7-6-24-116)29-51(27-38)111-72(121)53-17-11-46(33-59(53)77(111)126)84(88(98,99)100,89(101,102)103)49-14-20-56-62(36-49)80(129)114(75(56)124)68-39(2)28-40(3)69(41(68)4)115-76(125)57-21-15-50(37-63(57)81(115)130)85(90(104,105)106,91(107,108)109)48-13-19-55-61(35-48)79(128)113(74(55)123)65-23-9-43(31-67(65)118)42-8-22-64(66(117)30-42)112-73(122)54-18-12-47(34-60(54)78(112)127)83(86(92,93)94,87(95,96)97)45-10-16-52-58(32-45)71(120)110(5)70(52)119/h8-23,26-37,116-118H,6-7,24-25H2,1-5H3. The number of anilines is 5. The first-order valence-electron chi connectivity index (χ1n) is 38.8. The van der Waals surface area contributed by atoms with Gasteiger partial charge >= 0.3 is 43.0 Å². The molecule has 0 aromatic heterocycles. The summed E-state index contributed by atoms with van der Waals surface area (Å²) in [4.78, 5) is 184. The van der Waals surface area contributed by atoms with Crippen LogP contribution in [0.4, 0.5) is 107 Å². The van der Waals surface area contributed by atoms with Gasteiger partial charge in [0.2, 0.25) is 16.2 Å². The van der Waals surface area contributed by atoms with Crippen LogP contribution in [0.3, 0.4) is 0 Å². The summed E-state index contributed by atoms with van der Waals surface area (Å²) >= 11 is 0. The molecule has 6 heterocycles. The van der Waals surface area contributed by atoms with E-state index in [1.165, 1.54) is 32.9 Å². The van der Waals surface area contributed by atoms with Crippen LogP contribution in [-0.2, 0) is 21.0 Å². The number of ether oxygens (including phenoxy) is 1. The fraction of sp³-hybridized carbons (Fsp3) is 0.198. The summed E-state index contributed by atoms with van der Waals surface area (Å²) in [5.74, 6) is -20.3. The summed E-state index contributed by atoms with van der Waals surface area (Å²) in [6, 6.07) is 14.8. The van der Waals surface area contributed by atoms with Gasteiger partial charge in [-0.05, 0) is 223 Å². The molecule has 6 aliphatic heterocycles. The molecule has 0 aliphatic carbocycles. The minimum atomic E-state index is -6.58. The number of aliphatic hydroxyl groups excluding tert-OH is 1. The summed E-state index contributed by atoms with van der Waals surface area (Å²) in [5.41, 5.74) is -41.2. The van der Waals surface area contributed by atoms with E-state index in [0.717, 1.165) is 62.5 Å². The van der Waals surface area contributed by atoms with Gasteiger partial charge in [0, 0.05) is 13.7 Å². The molecule has 0 saturated heterocycles. The van der Waals surface area contributed by atoms with Gasteiger partial charge in [-0.2, -0.15) is 79.0 Å².